The Hall–Kier alpha value is -1.16. The second kappa shape index (κ2) is 6.30. The van der Waals surface area contributed by atoms with E-state index in [9.17, 15) is 13.2 Å². The summed E-state index contributed by atoms with van der Waals surface area (Å²) in [5.41, 5.74) is 0. The van der Waals surface area contributed by atoms with Crippen LogP contribution in [0.2, 0.25) is 4.34 Å². The third-order valence-electron chi connectivity index (χ3n) is 2.61. The summed E-state index contributed by atoms with van der Waals surface area (Å²) in [6.45, 7) is 1.75. The Bertz CT molecular complexity index is 753. The molecule has 2 aromatic rings. The lowest BCUT2D eigenvalue weighted by molar-refractivity contribution is -0.138. The zero-order valence-corrected chi connectivity index (χ0v) is 13.9. The molecule has 0 aliphatic rings. The van der Waals surface area contributed by atoms with E-state index in [4.69, 9.17) is 16.7 Å². The van der Waals surface area contributed by atoms with Crippen molar-refractivity contribution in [2.24, 2.45) is 0 Å². The van der Waals surface area contributed by atoms with Gasteiger partial charge in [0.15, 0.2) is 5.13 Å². The summed E-state index contributed by atoms with van der Waals surface area (Å²) in [6.07, 6.45) is 1.79. The van der Waals surface area contributed by atoms with Gasteiger partial charge in [0.2, 0.25) is 0 Å². The predicted molar refractivity (Wildman–Crippen MR) is 82.9 cm³/mol. The van der Waals surface area contributed by atoms with E-state index in [0.29, 0.717) is 15.6 Å². The van der Waals surface area contributed by atoms with Crippen LogP contribution in [-0.2, 0) is 14.8 Å². The summed E-state index contributed by atoms with van der Waals surface area (Å²) in [5.74, 6) is -1.64. The number of hydrogen-bond acceptors (Lipinski definition) is 6. The molecular formula is C11H11ClN2O4S3. The number of carboxylic acid groups (broad SMARTS) is 1. The molecule has 0 aromatic carbocycles. The molecule has 0 bridgehead atoms. The van der Waals surface area contributed by atoms with Crippen molar-refractivity contribution in [2.75, 3.05) is 4.72 Å². The van der Waals surface area contributed by atoms with Crippen LogP contribution in [0.3, 0.4) is 0 Å². The zero-order chi connectivity index (χ0) is 15.6. The highest BCUT2D eigenvalue weighted by atomic mass is 35.5. The maximum atomic E-state index is 12.1. The molecule has 0 amide bonds. The van der Waals surface area contributed by atoms with Crippen molar-refractivity contribution >= 4 is 55.4 Å². The summed E-state index contributed by atoms with van der Waals surface area (Å²) in [6, 6.07) is 2.89. The quantitative estimate of drug-likeness (QED) is 0.818. The smallest absolute Gasteiger partial charge is 0.311 e. The molecule has 0 aliphatic carbocycles. The van der Waals surface area contributed by atoms with E-state index in [-0.39, 0.29) is 9.34 Å². The number of carboxylic acids is 1. The molecule has 2 aromatic heterocycles. The maximum Gasteiger partial charge on any atom is 0.311 e. The van der Waals surface area contributed by atoms with Crippen molar-refractivity contribution < 1.29 is 18.3 Å². The Morgan fingerprint density at radius 1 is 1.48 bits per heavy atom. The van der Waals surface area contributed by atoms with Gasteiger partial charge in [0.05, 0.1) is 10.3 Å². The van der Waals surface area contributed by atoms with Crippen molar-refractivity contribution in [3.05, 3.63) is 27.5 Å². The summed E-state index contributed by atoms with van der Waals surface area (Å²) < 4.78 is 26.9. The number of rotatable bonds is 6. The van der Waals surface area contributed by atoms with E-state index in [0.717, 1.165) is 22.7 Å². The van der Waals surface area contributed by atoms with Gasteiger partial charge in [-0.2, -0.15) is 0 Å². The Labute approximate surface area is 134 Å². The molecule has 2 heterocycles. The number of hydrogen-bond donors (Lipinski definition) is 2. The lowest BCUT2D eigenvalue weighted by atomic mass is 10.1. The van der Waals surface area contributed by atoms with Crippen LogP contribution in [0.15, 0.2) is 22.5 Å². The highest BCUT2D eigenvalue weighted by molar-refractivity contribution is 7.94. The standard InChI is InChI=1S/C11H11ClN2O4S3/c1-2-6(10(15)16)7-5-13-11(19-7)14-21(17,18)9-4-3-8(12)20-9/h3-6H,2H2,1H3,(H,13,14)(H,15,16). The third kappa shape index (κ3) is 3.73. The molecule has 0 aliphatic heterocycles. The molecule has 0 fully saturated rings. The number of nitrogens with zero attached hydrogens (tertiary/aromatic N) is 1. The van der Waals surface area contributed by atoms with Crippen LogP contribution in [0.25, 0.3) is 0 Å². The first kappa shape index (κ1) is 16.2. The van der Waals surface area contributed by atoms with Crippen molar-refractivity contribution in [3.63, 3.8) is 0 Å². The maximum absolute atomic E-state index is 12.1. The summed E-state index contributed by atoms with van der Waals surface area (Å²) in [7, 11) is -3.75. The number of nitrogens with one attached hydrogen (secondary N) is 1. The second-order valence-electron chi connectivity index (χ2n) is 4.03. The predicted octanol–water partition coefficient (Wildman–Crippen LogP) is 3.24. The van der Waals surface area contributed by atoms with E-state index in [1.54, 1.807) is 6.92 Å². The van der Waals surface area contributed by atoms with Gasteiger partial charge in [0.25, 0.3) is 10.0 Å². The van der Waals surface area contributed by atoms with E-state index in [1.165, 1.54) is 18.3 Å². The number of anilines is 1. The SMILES string of the molecule is CCC(C(=O)O)c1cnc(NS(=O)(=O)c2ccc(Cl)s2)s1. The van der Waals surface area contributed by atoms with Crippen LogP contribution in [-0.4, -0.2) is 24.5 Å². The summed E-state index contributed by atoms with van der Waals surface area (Å²) >= 11 is 7.66. The lowest BCUT2D eigenvalue weighted by Gasteiger charge is -2.05. The number of halogens is 1. The fraction of sp³-hybridized carbons (Fsp3) is 0.273. The molecule has 6 nitrogen and oxygen atoms in total. The molecule has 1 atom stereocenters. The third-order valence-corrected chi connectivity index (χ3v) is 6.83. The van der Waals surface area contributed by atoms with Crippen molar-refractivity contribution in [1.82, 2.24) is 4.98 Å². The monoisotopic (exact) mass is 366 g/mol. The number of thiazole rings is 1. The fourth-order valence-corrected chi connectivity index (χ4v) is 5.32. The van der Waals surface area contributed by atoms with Crippen LogP contribution in [0.4, 0.5) is 5.13 Å². The van der Waals surface area contributed by atoms with Gasteiger partial charge >= 0.3 is 5.97 Å². The molecular weight excluding hydrogens is 356 g/mol. The molecule has 0 saturated carbocycles. The van der Waals surface area contributed by atoms with Gasteiger partial charge in [-0.1, -0.05) is 18.5 Å². The number of thiophene rings is 1. The molecule has 1 unspecified atom stereocenters. The summed E-state index contributed by atoms with van der Waals surface area (Å²) in [5, 5.41) is 9.21. The fourth-order valence-electron chi connectivity index (χ4n) is 1.60. The first-order valence-electron chi connectivity index (χ1n) is 5.80. The van der Waals surface area contributed by atoms with Gasteiger partial charge in [0, 0.05) is 11.1 Å². The van der Waals surface area contributed by atoms with Gasteiger partial charge in [-0.05, 0) is 18.6 Å². The van der Waals surface area contributed by atoms with Crippen molar-refractivity contribution in [1.29, 1.82) is 0 Å². The average Bonchev–Trinajstić information content (AvgIpc) is 2.99. The minimum Gasteiger partial charge on any atom is -0.481 e. The first-order valence-corrected chi connectivity index (χ1v) is 9.29. The van der Waals surface area contributed by atoms with E-state index in [2.05, 4.69) is 9.71 Å². The van der Waals surface area contributed by atoms with Gasteiger partial charge in [-0.3, -0.25) is 9.52 Å². The minimum absolute atomic E-state index is 0.0783. The van der Waals surface area contributed by atoms with Crippen LogP contribution in [0.1, 0.15) is 24.1 Å². The molecule has 114 valence electrons. The van der Waals surface area contributed by atoms with E-state index < -0.39 is 21.9 Å². The normalized spacial score (nSPS) is 13.0. The van der Waals surface area contributed by atoms with Crippen LogP contribution in [0.5, 0.6) is 0 Å². The number of sulfonamides is 1. The Kier molecular flexibility index (Phi) is 4.87. The van der Waals surface area contributed by atoms with Crippen LogP contribution >= 0.6 is 34.3 Å². The number of carbonyl (C=O) groups is 1. The Morgan fingerprint density at radius 2 is 2.19 bits per heavy atom. The molecule has 2 rings (SSSR count). The number of aromatic nitrogens is 1. The second-order valence-corrected chi connectivity index (χ2v) is 8.72. The van der Waals surface area contributed by atoms with Crippen LogP contribution in [0, 0.1) is 0 Å². The molecule has 2 N–H and O–H groups in total. The highest BCUT2D eigenvalue weighted by Crippen LogP contribution is 2.31. The Morgan fingerprint density at radius 3 is 2.71 bits per heavy atom. The zero-order valence-electron chi connectivity index (χ0n) is 10.7. The highest BCUT2D eigenvalue weighted by Gasteiger charge is 2.23. The summed E-state index contributed by atoms with van der Waals surface area (Å²) in [4.78, 5) is 15.5. The average molecular weight is 367 g/mol. The molecule has 0 saturated heterocycles. The van der Waals surface area contributed by atoms with E-state index in [1.807, 2.05) is 0 Å². The molecule has 0 spiro atoms. The Balaban J connectivity index is 2.21. The largest absolute Gasteiger partial charge is 0.481 e. The van der Waals surface area contributed by atoms with Gasteiger partial charge < -0.3 is 5.11 Å². The number of aliphatic carboxylic acids is 1. The van der Waals surface area contributed by atoms with Crippen LogP contribution < -0.4 is 4.72 Å². The molecule has 21 heavy (non-hydrogen) atoms. The van der Waals surface area contributed by atoms with Crippen molar-refractivity contribution in [2.45, 2.75) is 23.5 Å². The van der Waals surface area contributed by atoms with E-state index >= 15 is 0 Å². The van der Waals surface area contributed by atoms with Crippen molar-refractivity contribution in [3.8, 4) is 0 Å². The van der Waals surface area contributed by atoms with Gasteiger partial charge in [-0.15, -0.1) is 22.7 Å². The molecule has 0 radical (unpaired) electrons. The lowest BCUT2D eigenvalue weighted by Crippen LogP contribution is -2.11. The topological polar surface area (TPSA) is 96.4 Å². The first-order chi connectivity index (χ1) is 9.83. The minimum atomic E-state index is -3.75. The molecule has 10 heteroatoms. The van der Waals surface area contributed by atoms with Gasteiger partial charge in [-0.25, -0.2) is 13.4 Å². The van der Waals surface area contributed by atoms with Gasteiger partial charge in [0.1, 0.15) is 4.21 Å².